The number of aromatic nitrogens is 1. The summed E-state index contributed by atoms with van der Waals surface area (Å²) in [5.74, 6) is 0.540. The number of aromatic amines is 1. The van der Waals surface area contributed by atoms with Gasteiger partial charge in [-0.1, -0.05) is 17.7 Å². The second-order valence-electron chi connectivity index (χ2n) is 6.66. The lowest BCUT2D eigenvalue weighted by molar-refractivity contribution is 0.0594. The van der Waals surface area contributed by atoms with Gasteiger partial charge in [0.2, 0.25) is 0 Å². The Morgan fingerprint density at radius 1 is 1.11 bits per heavy atom. The number of amides is 1. The maximum absolute atomic E-state index is 12.8. The number of carbonyl (C=O) groups is 1. The number of thiophene rings is 1. The normalized spacial score (nSPS) is 14.8. The quantitative estimate of drug-likeness (QED) is 0.686. The fourth-order valence-corrected chi connectivity index (χ4v) is 4.10. The summed E-state index contributed by atoms with van der Waals surface area (Å²) in [6.07, 6.45) is 1.49. The van der Waals surface area contributed by atoms with Gasteiger partial charge in [-0.2, -0.15) is 0 Å². The van der Waals surface area contributed by atoms with Crippen molar-refractivity contribution in [2.75, 3.05) is 13.1 Å². The van der Waals surface area contributed by atoms with Crippen molar-refractivity contribution in [3.63, 3.8) is 0 Å². The molecule has 0 saturated carbocycles. The molecule has 28 heavy (non-hydrogen) atoms. The number of benzene rings is 1. The number of likely N-dealkylation sites (tertiary alicyclic amines) is 1. The van der Waals surface area contributed by atoms with Gasteiger partial charge in [-0.3, -0.25) is 9.59 Å². The van der Waals surface area contributed by atoms with E-state index in [1.54, 1.807) is 40.5 Å². The Morgan fingerprint density at radius 3 is 2.50 bits per heavy atom. The van der Waals surface area contributed by atoms with E-state index in [0.717, 1.165) is 29.2 Å². The molecule has 1 aromatic carbocycles. The van der Waals surface area contributed by atoms with E-state index in [1.165, 1.54) is 0 Å². The van der Waals surface area contributed by atoms with Crippen molar-refractivity contribution in [3.8, 4) is 16.3 Å². The molecular formula is C21H19ClN2O3S. The van der Waals surface area contributed by atoms with Crippen molar-refractivity contribution in [3.05, 3.63) is 74.9 Å². The number of hydrogen-bond acceptors (Lipinski definition) is 4. The van der Waals surface area contributed by atoms with Crippen LogP contribution in [0.25, 0.3) is 10.6 Å². The molecule has 1 aliphatic rings. The van der Waals surface area contributed by atoms with E-state index in [9.17, 15) is 9.59 Å². The zero-order chi connectivity index (χ0) is 19.5. The highest BCUT2D eigenvalue weighted by atomic mass is 35.5. The zero-order valence-corrected chi connectivity index (χ0v) is 16.6. The Labute approximate surface area is 171 Å². The summed E-state index contributed by atoms with van der Waals surface area (Å²) in [6, 6.07) is 14.5. The highest BCUT2D eigenvalue weighted by Gasteiger charge is 2.26. The van der Waals surface area contributed by atoms with Gasteiger partial charge in [0.1, 0.15) is 17.4 Å². The summed E-state index contributed by atoms with van der Waals surface area (Å²) in [7, 11) is 0. The first-order valence-electron chi connectivity index (χ1n) is 9.09. The summed E-state index contributed by atoms with van der Waals surface area (Å²) in [6.45, 7) is 1.12. The number of hydrogen-bond donors (Lipinski definition) is 1. The third kappa shape index (κ3) is 4.13. The molecular weight excluding hydrogens is 396 g/mol. The van der Waals surface area contributed by atoms with E-state index in [1.807, 2.05) is 29.6 Å². The lowest BCUT2D eigenvalue weighted by Crippen LogP contribution is -2.43. The van der Waals surface area contributed by atoms with E-state index in [0.29, 0.717) is 18.1 Å². The molecule has 2 aromatic heterocycles. The summed E-state index contributed by atoms with van der Waals surface area (Å²) >= 11 is 7.43. The number of piperidine rings is 1. The Morgan fingerprint density at radius 2 is 1.86 bits per heavy atom. The average molecular weight is 415 g/mol. The van der Waals surface area contributed by atoms with Gasteiger partial charge in [-0.05, 0) is 47.8 Å². The van der Waals surface area contributed by atoms with Gasteiger partial charge in [-0.15, -0.1) is 11.3 Å². The van der Waals surface area contributed by atoms with Crippen molar-refractivity contribution >= 4 is 28.8 Å². The first kappa shape index (κ1) is 18.8. The second-order valence-corrected chi connectivity index (χ2v) is 8.04. The molecule has 5 nitrogen and oxygen atoms in total. The van der Waals surface area contributed by atoms with Crippen LogP contribution in [0.4, 0.5) is 0 Å². The molecule has 1 amide bonds. The Kier molecular flexibility index (Phi) is 5.50. The number of carbonyl (C=O) groups excluding carboxylic acids is 1. The molecule has 0 bridgehead atoms. The molecule has 3 aromatic rings. The minimum absolute atomic E-state index is 0.0460. The number of ether oxygens (including phenoxy) is 1. The minimum atomic E-state index is -0.351. The molecule has 0 unspecified atom stereocenters. The first-order chi connectivity index (χ1) is 13.6. The van der Waals surface area contributed by atoms with E-state index >= 15 is 0 Å². The van der Waals surface area contributed by atoms with Gasteiger partial charge in [0.25, 0.3) is 11.5 Å². The van der Waals surface area contributed by atoms with Crippen LogP contribution in [0.5, 0.6) is 5.75 Å². The number of rotatable bonds is 4. The summed E-state index contributed by atoms with van der Waals surface area (Å²) in [4.78, 5) is 30.7. The van der Waals surface area contributed by atoms with Crippen LogP contribution in [-0.2, 0) is 0 Å². The van der Waals surface area contributed by atoms with Gasteiger partial charge < -0.3 is 14.6 Å². The van der Waals surface area contributed by atoms with Crippen molar-refractivity contribution < 1.29 is 9.53 Å². The fourth-order valence-electron chi connectivity index (χ4n) is 3.27. The molecule has 1 aliphatic heterocycles. The van der Waals surface area contributed by atoms with Crippen LogP contribution >= 0.6 is 22.9 Å². The van der Waals surface area contributed by atoms with E-state index in [4.69, 9.17) is 16.3 Å². The number of nitrogens with zero attached hydrogens (tertiary/aromatic N) is 1. The van der Waals surface area contributed by atoms with Crippen LogP contribution in [0.1, 0.15) is 23.2 Å². The van der Waals surface area contributed by atoms with Gasteiger partial charge in [0.15, 0.2) is 0 Å². The van der Waals surface area contributed by atoms with Crippen LogP contribution in [-0.4, -0.2) is 35.0 Å². The second kappa shape index (κ2) is 8.20. The predicted molar refractivity (Wildman–Crippen MR) is 111 cm³/mol. The van der Waals surface area contributed by atoms with E-state index < -0.39 is 0 Å². The number of nitrogens with one attached hydrogen (secondary N) is 1. The highest BCUT2D eigenvalue weighted by molar-refractivity contribution is 7.13. The molecule has 1 N–H and O–H groups in total. The summed E-state index contributed by atoms with van der Waals surface area (Å²) < 4.78 is 5.96. The Hall–Kier alpha value is -2.57. The molecule has 144 valence electrons. The zero-order valence-electron chi connectivity index (χ0n) is 15.1. The lowest BCUT2D eigenvalue weighted by atomic mass is 10.1. The largest absolute Gasteiger partial charge is 0.490 e. The summed E-state index contributed by atoms with van der Waals surface area (Å²) in [5, 5.41) is 2.62. The molecule has 1 saturated heterocycles. The van der Waals surface area contributed by atoms with Crippen molar-refractivity contribution in [1.82, 2.24) is 9.88 Å². The standard InChI is InChI=1S/C21H19ClN2O3S/c22-14-3-5-15(6-4-14)27-16-9-11-24(12-10-16)21(26)17-7-8-18(23-20(17)25)19-2-1-13-28-19/h1-8,13,16H,9-12H2,(H,23,25). The average Bonchev–Trinajstić information content (AvgIpc) is 3.25. The molecule has 0 radical (unpaired) electrons. The predicted octanol–water partition coefficient (Wildman–Crippen LogP) is 4.44. The van der Waals surface area contributed by atoms with Crippen molar-refractivity contribution in [2.24, 2.45) is 0 Å². The van der Waals surface area contributed by atoms with Crippen LogP contribution in [0.2, 0.25) is 5.02 Å². The molecule has 1 fully saturated rings. The first-order valence-corrected chi connectivity index (χ1v) is 10.3. The van der Waals surface area contributed by atoms with E-state index in [2.05, 4.69) is 4.98 Å². The highest BCUT2D eigenvalue weighted by Crippen LogP contribution is 2.23. The topological polar surface area (TPSA) is 62.4 Å². The van der Waals surface area contributed by atoms with Gasteiger partial charge in [-0.25, -0.2) is 0 Å². The number of H-pyrrole nitrogens is 1. The Bertz CT molecular complexity index is 1010. The molecule has 0 spiro atoms. The monoisotopic (exact) mass is 414 g/mol. The smallest absolute Gasteiger partial charge is 0.261 e. The Balaban J connectivity index is 1.38. The molecule has 0 aliphatic carbocycles. The molecule has 3 heterocycles. The fraction of sp³-hybridized carbons (Fsp3) is 0.238. The van der Waals surface area contributed by atoms with Crippen molar-refractivity contribution in [2.45, 2.75) is 18.9 Å². The molecule has 7 heteroatoms. The minimum Gasteiger partial charge on any atom is -0.490 e. The molecule has 0 atom stereocenters. The summed E-state index contributed by atoms with van der Waals surface area (Å²) in [5.41, 5.74) is 0.555. The van der Waals surface area contributed by atoms with Gasteiger partial charge >= 0.3 is 0 Å². The lowest BCUT2D eigenvalue weighted by Gasteiger charge is -2.32. The van der Waals surface area contributed by atoms with Crippen LogP contribution in [0.3, 0.4) is 0 Å². The number of pyridine rings is 1. The van der Waals surface area contributed by atoms with E-state index in [-0.39, 0.29) is 23.1 Å². The SMILES string of the molecule is O=C(c1ccc(-c2cccs2)[nH]c1=O)N1CCC(Oc2ccc(Cl)cc2)CC1. The van der Waals surface area contributed by atoms with Gasteiger partial charge in [0.05, 0.1) is 10.6 Å². The third-order valence-electron chi connectivity index (χ3n) is 4.77. The molecule has 4 rings (SSSR count). The maximum atomic E-state index is 12.8. The van der Waals surface area contributed by atoms with Gasteiger partial charge in [0, 0.05) is 31.0 Å². The maximum Gasteiger partial charge on any atom is 0.261 e. The van der Waals surface area contributed by atoms with Crippen LogP contribution in [0.15, 0.2) is 58.7 Å². The van der Waals surface area contributed by atoms with Crippen molar-refractivity contribution in [1.29, 1.82) is 0 Å². The van der Waals surface area contributed by atoms with Crippen LogP contribution < -0.4 is 10.3 Å². The third-order valence-corrected chi connectivity index (χ3v) is 5.93. The van der Waals surface area contributed by atoms with Crippen LogP contribution in [0, 0.1) is 0 Å². The number of halogens is 1.